The number of carbonyl (C=O) groups is 3. The third kappa shape index (κ3) is 6.29. The van der Waals surface area contributed by atoms with Crippen molar-refractivity contribution in [3.05, 3.63) is 11.6 Å². The van der Waals surface area contributed by atoms with Crippen molar-refractivity contribution < 1.29 is 19.5 Å². The fourth-order valence-corrected chi connectivity index (χ4v) is 3.71. The van der Waals surface area contributed by atoms with Crippen molar-refractivity contribution in [2.45, 2.75) is 39.7 Å². The van der Waals surface area contributed by atoms with Gasteiger partial charge in [0.25, 0.3) is 6.47 Å². The van der Waals surface area contributed by atoms with Gasteiger partial charge in [-0.2, -0.15) is 5.10 Å². The number of hydrogen-bond acceptors (Lipinski definition) is 6. The number of nitrogens with one attached hydrogen (secondary N) is 1. The summed E-state index contributed by atoms with van der Waals surface area (Å²) >= 11 is 0. The molecule has 0 spiro atoms. The van der Waals surface area contributed by atoms with Crippen LogP contribution in [0.15, 0.2) is 0 Å². The molecule has 0 aliphatic carbocycles. The second kappa shape index (κ2) is 10.7. The lowest BCUT2D eigenvalue weighted by Crippen LogP contribution is -2.44. The summed E-state index contributed by atoms with van der Waals surface area (Å²) < 4.78 is 0. The van der Waals surface area contributed by atoms with E-state index in [4.69, 9.17) is 9.90 Å². The molecular formula is C18H30N6O4. The Kier molecular flexibility index (Phi) is 8.37. The molecule has 2 N–H and O–H groups in total. The van der Waals surface area contributed by atoms with E-state index in [0.717, 1.165) is 63.6 Å². The van der Waals surface area contributed by atoms with Gasteiger partial charge in [0.15, 0.2) is 5.82 Å². The van der Waals surface area contributed by atoms with Crippen LogP contribution in [0.2, 0.25) is 0 Å². The van der Waals surface area contributed by atoms with Gasteiger partial charge >= 0.3 is 0 Å². The van der Waals surface area contributed by atoms with Crippen molar-refractivity contribution in [1.82, 2.24) is 29.9 Å². The first kappa shape index (κ1) is 21.8. The van der Waals surface area contributed by atoms with Crippen LogP contribution >= 0.6 is 0 Å². The summed E-state index contributed by atoms with van der Waals surface area (Å²) in [7, 11) is 0. The van der Waals surface area contributed by atoms with E-state index < -0.39 is 0 Å². The fraction of sp³-hybridized carbons (Fsp3) is 0.722. The molecule has 2 fully saturated rings. The minimum absolute atomic E-state index is 0.0674. The van der Waals surface area contributed by atoms with Gasteiger partial charge in [-0.1, -0.05) is 0 Å². The van der Waals surface area contributed by atoms with Gasteiger partial charge in [0, 0.05) is 52.1 Å². The number of hydrogen-bond donors (Lipinski definition) is 2. The van der Waals surface area contributed by atoms with Crippen LogP contribution in [0.4, 0.5) is 0 Å². The summed E-state index contributed by atoms with van der Waals surface area (Å²) in [5, 5.41) is 14.0. The topological polar surface area (TPSA) is 123 Å². The van der Waals surface area contributed by atoms with E-state index in [1.807, 2.05) is 16.7 Å². The van der Waals surface area contributed by atoms with Crippen LogP contribution < -0.4 is 0 Å². The molecule has 0 bridgehead atoms. The Labute approximate surface area is 164 Å². The summed E-state index contributed by atoms with van der Waals surface area (Å²) in [4.78, 5) is 43.1. The van der Waals surface area contributed by atoms with Crippen molar-refractivity contribution in [2.75, 3.05) is 39.3 Å². The van der Waals surface area contributed by atoms with Gasteiger partial charge in [-0.15, -0.1) is 0 Å². The van der Waals surface area contributed by atoms with E-state index in [-0.39, 0.29) is 24.2 Å². The number of rotatable bonds is 3. The molecule has 1 aromatic heterocycles. The van der Waals surface area contributed by atoms with Crippen molar-refractivity contribution in [3.8, 4) is 0 Å². The normalized spacial score (nSPS) is 18.8. The lowest BCUT2D eigenvalue weighted by atomic mass is 9.95. The number of carbonyl (C=O) groups excluding carboxylic acids is 2. The van der Waals surface area contributed by atoms with Gasteiger partial charge in [-0.05, 0) is 26.2 Å². The van der Waals surface area contributed by atoms with Crippen LogP contribution in [0.1, 0.15) is 37.8 Å². The molecule has 2 amide bonds. The standard InChI is InChI=1S/C17H28N6O2.CH2O2/c1-13-18-16(20-19-13)12-21-6-3-7-23(11-10-21)17(25)15-4-8-22(9-5-15)14(2)24;2-1-3/h15H,3-12H2,1-2H3,(H,18,19,20);1H,(H,2,3). The first-order chi connectivity index (χ1) is 13.4. The number of aryl methyl sites for hydroxylation is 1. The minimum atomic E-state index is -0.250. The maximum absolute atomic E-state index is 12.8. The highest BCUT2D eigenvalue weighted by molar-refractivity contribution is 5.79. The van der Waals surface area contributed by atoms with E-state index in [1.54, 1.807) is 6.92 Å². The number of piperidine rings is 1. The largest absolute Gasteiger partial charge is 0.483 e. The van der Waals surface area contributed by atoms with Gasteiger partial charge in [-0.25, -0.2) is 4.98 Å². The Morgan fingerprint density at radius 2 is 1.82 bits per heavy atom. The molecule has 2 aliphatic rings. The average Bonchev–Trinajstić information content (AvgIpc) is 2.94. The van der Waals surface area contributed by atoms with E-state index in [2.05, 4.69) is 20.1 Å². The molecule has 2 aliphatic heterocycles. The van der Waals surface area contributed by atoms with Crippen LogP contribution in [0.25, 0.3) is 0 Å². The van der Waals surface area contributed by atoms with E-state index in [1.165, 1.54) is 0 Å². The average molecular weight is 394 g/mol. The first-order valence-electron chi connectivity index (χ1n) is 9.67. The number of carboxylic acid groups (broad SMARTS) is 1. The summed E-state index contributed by atoms with van der Waals surface area (Å²) in [6, 6.07) is 0. The van der Waals surface area contributed by atoms with Crippen LogP contribution in [-0.2, 0) is 20.9 Å². The van der Waals surface area contributed by atoms with Crippen molar-refractivity contribution in [2.24, 2.45) is 5.92 Å². The predicted octanol–water partition coefficient (Wildman–Crippen LogP) is 0.107. The van der Waals surface area contributed by atoms with Gasteiger partial charge < -0.3 is 14.9 Å². The number of aromatic nitrogens is 3. The maximum atomic E-state index is 12.8. The second-order valence-electron chi connectivity index (χ2n) is 7.18. The fourth-order valence-electron chi connectivity index (χ4n) is 3.71. The molecule has 1 aromatic rings. The minimum Gasteiger partial charge on any atom is -0.483 e. The monoisotopic (exact) mass is 394 g/mol. The Morgan fingerprint density at radius 3 is 2.39 bits per heavy atom. The SMILES string of the molecule is CC(=O)N1CCC(C(=O)N2CCCN(Cc3n[nH]c(C)n3)CC2)CC1.O=CO. The molecule has 10 heteroatoms. The first-order valence-corrected chi connectivity index (χ1v) is 9.67. The van der Waals surface area contributed by atoms with Gasteiger partial charge in [0.1, 0.15) is 5.82 Å². The number of likely N-dealkylation sites (tertiary alicyclic amines) is 1. The third-order valence-corrected chi connectivity index (χ3v) is 5.20. The Morgan fingerprint density at radius 1 is 1.14 bits per heavy atom. The maximum Gasteiger partial charge on any atom is 0.290 e. The molecule has 0 radical (unpaired) electrons. The lowest BCUT2D eigenvalue weighted by Gasteiger charge is -2.33. The van der Waals surface area contributed by atoms with Crippen molar-refractivity contribution >= 4 is 18.3 Å². The molecule has 10 nitrogen and oxygen atoms in total. The van der Waals surface area contributed by atoms with E-state index in [0.29, 0.717) is 13.1 Å². The third-order valence-electron chi connectivity index (χ3n) is 5.20. The molecule has 3 heterocycles. The van der Waals surface area contributed by atoms with Crippen molar-refractivity contribution in [1.29, 1.82) is 0 Å². The molecule has 156 valence electrons. The van der Waals surface area contributed by atoms with E-state index in [9.17, 15) is 9.59 Å². The van der Waals surface area contributed by atoms with Gasteiger partial charge in [0.2, 0.25) is 11.8 Å². The Balaban J connectivity index is 0.000000878. The predicted molar refractivity (Wildman–Crippen MR) is 101 cm³/mol. The second-order valence-corrected chi connectivity index (χ2v) is 7.18. The molecule has 3 rings (SSSR count). The summed E-state index contributed by atoms with van der Waals surface area (Å²) in [6.45, 7) is 8.77. The van der Waals surface area contributed by atoms with Crippen LogP contribution in [0.5, 0.6) is 0 Å². The molecular weight excluding hydrogens is 364 g/mol. The van der Waals surface area contributed by atoms with Crippen LogP contribution in [-0.4, -0.2) is 92.5 Å². The van der Waals surface area contributed by atoms with Crippen LogP contribution in [0, 0.1) is 12.8 Å². The summed E-state index contributed by atoms with van der Waals surface area (Å²) in [5.41, 5.74) is 0. The number of aromatic amines is 1. The molecule has 28 heavy (non-hydrogen) atoms. The quantitative estimate of drug-likeness (QED) is 0.697. The number of H-pyrrole nitrogens is 1. The highest BCUT2D eigenvalue weighted by atomic mass is 16.3. The van der Waals surface area contributed by atoms with Crippen molar-refractivity contribution in [3.63, 3.8) is 0 Å². The zero-order valence-electron chi connectivity index (χ0n) is 16.6. The molecule has 2 saturated heterocycles. The molecule has 0 unspecified atom stereocenters. The number of amides is 2. The van der Waals surface area contributed by atoms with Crippen LogP contribution in [0.3, 0.4) is 0 Å². The smallest absolute Gasteiger partial charge is 0.290 e. The molecule has 0 atom stereocenters. The van der Waals surface area contributed by atoms with Gasteiger partial charge in [0.05, 0.1) is 6.54 Å². The van der Waals surface area contributed by atoms with E-state index >= 15 is 0 Å². The molecule has 0 aromatic carbocycles. The Hall–Kier alpha value is -2.49. The zero-order chi connectivity index (χ0) is 20.5. The number of nitrogens with zero attached hydrogens (tertiary/aromatic N) is 5. The van der Waals surface area contributed by atoms with Gasteiger partial charge in [-0.3, -0.25) is 24.4 Å². The highest BCUT2D eigenvalue weighted by Crippen LogP contribution is 2.21. The Bertz CT molecular complexity index is 656. The lowest BCUT2D eigenvalue weighted by molar-refractivity contribution is -0.140. The zero-order valence-corrected chi connectivity index (χ0v) is 16.6. The summed E-state index contributed by atoms with van der Waals surface area (Å²) in [6.07, 6.45) is 2.55. The molecule has 0 saturated carbocycles. The highest BCUT2D eigenvalue weighted by Gasteiger charge is 2.30. The summed E-state index contributed by atoms with van der Waals surface area (Å²) in [5.74, 6) is 2.09.